The van der Waals surface area contributed by atoms with Crippen molar-refractivity contribution >= 4 is 5.69 Å². The molecule has 1 aliphatic rings. The summed E-state index contributed by atoms with van der Waals surface area (Å²) in [7, 11) is 2.14. The third kappa shape index (κ3) is 3.77. The smallest absolute Gasteiger partial charge is 0.146 e. The van der Waals surface area contributed by atoms with E-state index < -0.39 is 0 Å². The molecular formula is C15H24N2O2. The van der Waals surface area contributed by atoms with Gasteiger partial charge in [-0.05, 0) is 45.9 Å². The van der Waals surface area contributed by atoms with E-state index in [9.17, 15) is 0 Å². The van der Waals surface area contributed by atoms with Crippen molar-refractivity contribution in [2.24, 2.45) is 0 Å². The molecule has 0 amide bonds. The van der Waals surface area contributed by atoms with Crippen LogP contribution in [0.5, 0.6) is 11.5 Å². The Morgan fingerprint density at radius 1 is 1.21 bits per heavy atom. The Morgan fingerprint density at radius 2 is 1.84 bits per heavy atom. The molecular weight excluding hydrogens is 240 g/mol. The fourth-order valence-corrected chi connectivity index (χ4v) is 2.27. The van der Waals surface area contributed by atoms with Crippen molar-refractivity contribution in [3.8, 4) is 11.5 Å². The Labute approximate surface area is 115 Å². The summed E-state index contributed by atoms with van der Waals surface area (Å²) in [6, 6.07) is 5.73. The number of ether oxygens (including phenoxy) is 2. The summed E-state index contributed by atoms with van der Waals surface area (Å²) >= 11 is 0. The topological polar surface area (TPSA) is 47.7 Å². The quantitative estimate of drug-likeness (QED) is 0.849. The largest absolute Gasteiger partial charge is 0.489 e. The summed E-state index contributed by atoms with van der Waals surface area (Å²) in [5, 5.41) is 0. The van der Waals surface area contributed by atoms with Gasteiger partial charge in [0.1, 0.15) is 23.3 Å². The molecule has 106 valence electrons. The first kappa shape index (κ1) is 14.0. The number of para-hydroxylation sites is 1. The molecule has 4 heteroatoms. The molecule has 1 saturated heterocycles. The molecule has 1 aromatic carbocycles. The number of benzene rings is 1. The molecule has 0 radical (unpaired) electrons. The maximum atomic E-state index is 6.12. The van der Waals surface area contributed by atoms with Gasteiger partial charge in [0.25, 0.3) is 0 Å². The fourth-order valence-electron chi connectivity index (χ4n) is 2.27. The summed E-state index contributed by atoms with van der Waals surface area (Å²) in [6.07, 6.45) is 2.46. The van der Waals surface area contributed by atoms with E-state index >= 15 is 0 Å². The van der Waals surface area contributed by atoms with Crippen molar-refractivity contribution in [3.63, 3.8) is 0 Å². The van der Waals surface area contributed by atoms with Gasteiger partial charge in [-0.2, -0.15) is 0 Å². The Morgan fingerprint density at radius 3 is 2.47 bits per heavy atom. The van der Waals surface area contributed by atoms with Crippen LogP contribution in [0.15, 0.2) is 18.2 Å². The summed E-state index contributed by atoms with van der Waals surface area (Å²) < 4.78 is 11.7. The minimum absolute atomic E-state index is 0.112. The molecule has 2 rings (SSSR count). The van der Waals surface area contributed by atoms with Gasteiger partial charge in [0.05, 0.1) is 6.10 Å². The van der Waals surface area contributed by atoms with E-state index in [1.54, 1.807) is 0 Å². The Bertz CT molecular complexity index is 413. The van der Waals surface area contributed by atoms with Crippen LogP contribution in [-0.4, -0.2) is 37.2 Å². The summed E-state index contributed by atoms with van der Waals surface area (Å²) in [5.41, 5.74) is 6.72. The molecule has 0 saturated carbocycles. The second-order valence-corrected chi connectivity index (χ2v) is 5.46. The maximum absolute atomic E-state index is 6.12. The van der Waals surface area contributed by atoms with E-state index in [0.717, 1.165) is 31.7 Å². The Kier molecular flexibility index (Phi) is 4.53. The van der Waals surface area contributed by atoms with Crippen molar-refractivity contribution in [2.75, 3.05) is 25.9 Å². The van der Waals surface area contributed by atoms with Crippen molar-refractivity contribution < 1.29 is 9.47 Å². The first-order valence-electron chi connectivity index (χ1n) is 6.96. The number of likely N-dealkylation sites (tertiary alicyclic amines) is 1. The lowest BCUT2D eigenvalue weighted by molar-refractivity contribution is 0.114. The highest BCUT2D eigenvalue weighted by molar-refractivity contribution is 5.62. The van der Waals surface area contributed by atoms with Crippen LogP contribution >= 0.6 is 0 Å². The van der Waals surface area contributed by atoms with Crippen LogP contribution in [0.25, 0.3) is 0 Å². The van der Waals surface area contributed by atoms with Gasteiger partial charge in [-0.25, -0.2) is 0 Å². The highest BCUT2D eigenvalue weighted by Crippen LogP contribution is 2.33. The molecule has 1 aromatic rings. The third-order valence-electron chi connectivity index (χ3n) is 3.35. The zero-order valence-electron chi connectivity index (χ0n) is 12.1. The van der Waals surface area contributed by atoms with E-state index in [1.165, 1.54) is 0 Å². The van der Waals surface area contributed by atoms with Gasteiger partial charge in [0.15, 0.2) is 0 Å². The minimum Gasteiger partial charge on any atom is -0.489 e. The van der Waals surface area contributed by atoms with Gasteiger partial charge in [0.2, 0.25) is 0 Å². The fraction of sp³-hybridized carbons (Fsp3) is 0.600. The average molecular weight is 264 g/mol. The molecule has 0 spiro atoms. The number of nitrogens with zero attached hydrogens (tertiary/aromatic N) is 1. The van der Waals surface area contributed by atoms with Crippen LogP contribution in [0.3, 0.4) is 0 Å². The van der Waals surface area contributed by atoms with Crippen LogP contribution < -0.4 is 15.2 Å². The number of anilines is 1. The molecule has 4 nitrogen and oxygen atoms in total. The number of hydrogen-bond donors (Lipinski definition) is 1. The molecule has 0 unspecified atom stereocenters. The predicted octanol–water partition coefficient (Wildman–Crippen LogP) is 2.53. The summed E-state index contributed by atoms with van der Waals surface area (Å²) in [5.74, 6) is 1.45. The second-order valence-electron chi connectivity index (χ2n) is 5.46. The zero-order valence-corrected chi connectivity index (χ0v) is 12.1. The van der Waals surface area contributed by atoms with Crippen molar-refractivity contribution in [3.05, 3.63) is 18.2 Å². The highest BCUT2D eigenvalue weighted by Gasteiger charge is 2.19. The van der Waals surface area contributed by atoms with Gasteiger partial charge >= 0.3 is 0 Å². The monoisotopic (exact) mass is 264 g/mol. The number of rotatable bonds is 4. The molecule has 2 N–H and O–H groups in total. The first-order chi connectivity index (χ1) is 9.06. The van der Waals surface area contributed by atoms with Crippen molar-refractivity contribution in [2.45, 2.75) is 38.9 Å². The number of nitrogen functional groups attached to an aromatic ring is 1. The lowest BCUT2D eigenvalue weighted by Crippen LogP contribution is -2.35. The second kappa shape index (κ2) is 6.15. The molecule has 0 bridgehead atoms. The highest BCUT2D eigenvalue weighted by atomic mass is 16.5. The Balaban J connectivity index is 2.04. The lowest BCUT2D eigenvalue weighted by Gasteiger charge is -2.29. The summed E-state index contributed by atoms with van der Waals surface area (Å²) in [6.45, 7) is 6.13. The third-order valence-corrected chi connectivity index (χ3v) is 3.35. The molecule has 0 aliphatic carbocycles. The molecule has 19 heavy (non-hydrogen) atoms. The van der Waals surface area contributed by atoms with E-state index in [2.05, 4.69) is 11.9 Å². The summed E-state index contributed by atoms with van der Waals surface area (Å²) in [4.78, 5) is 2.32. The Hall–Kier alpha value is -1.42. The van der Waals surface area contributed by atoms with E-state index in [0.29, 0.717) is 11.4 Å². The van der Waals surface area contributed by atoms with Crippen molar-refractivity contribution in [1.29, 1.82) is 0 Å². The lowest BCUT2D eigenvalue weighted by atomic mass is 10.1. The molecule has 1 fully saturated rings. The van der Waals surface area contributed by atoms with Gasteiger partial charge in [-0.1, -0.05) is 6.07 Å². The van der Waals surface area contributed by atoms with Crippen LogP contribution in [0.1, 0.15) is 26.7 Å². The molecule has 0 atom stereocenters. The molecule has 0 aromatic heterocycles. The number of piperidine rings is 1. The predicted molar refractivity (Wildman–Crippen MR) is 77.8 cm³/mol. The van der Waals surface area contributed by atoms with Gasteiger partial charge < -0.3 is 20.1 Å². The normalized spacial score (nSPS) is 17.7. The van der Waals surface area contributed by atoms with Crippen LogP contribution in [-0.2, 0) is 0 Å². The average Bonchev–Trinajstić information content (AvgIpc) is 2.36. The molecule has 1 aliphatic heterocycles. The van der Waals surface area contributed by atoms with E-state index in [-0.39, 0.29) is 12.2 Å². The maximum Gasteiger partial charge on any atom is 0.146 e. The van der Waals surface area contributed by atoms with Crippen LogP contribution in [0.2, 0.25) is 0 Å². The van der Waals surface area contributed by atoms with E-state index in [4.69, 9.17) is 15.2 Å². The molecule has 1 heterocycles. The van der Waals surface area contributed by atoms with Gasteiger partial charge in [0, 0.05) is 13.1 Å². The standard InChI is InChI=1S/C15H24N2O2/c1-11(2)18-13-5-4-6-14(15(13)16)19-12-7-9-17(3)10-8-12/h4-6,11-12H,7-10,16H2,1-3H3. The van der Waals surface area contributed by atoms with Gasteiger partial charge in [-0.3, -0.25) is 0 Å². The number of nitrogens with two attached hydrogens (primary N) is 1. The van der Waals surface area contributed by atoms with Crippen LogP contribution in [0.4, 0.5) is 5.69 Å². The first-order valence-corrected chi connectivity index (χ1v) is 6.96. The van der Waals surface area contributed by atoms with Crippen molar-refractivity contribution in [1.82, 2.24) is 4.90 Å². The zero-order chi connectivity index (χ0) is 13.8. The van der Waals surface area contributed by atoms with Gasteiger partial charge in [-0.15, -0.1) is 0 Å². The SMILES string of the molecule is CC(C)Oc1cccc(OC2CCN(C)CC2)c1N. The number of hydrogen-bond acceptors (Lipinski definition) is 4. The van der Waals surface area contributed by atoms with Crippen LogP contribution in [0, 0.1) is 0 Å². The van der Waals surface area contributed by atoms with E-state index in [1.807, 2.05) is 32.0 Å². The minimum atomic E-state index is 0.112.